The van der Waals surface area contributed by atoms with Crippen molar-refractivity contribution in [2.45, 2.75) is 77.9 Å². The maximum absolute atomic E-state index is 6.12. The third-order valence-electron chi connectivity index (χ3n) is 4.27. The largest absolute Gasteiger partial charge is 0.379 e. The molecule has 0 aromatic rings. The molecular weight excluding hydrogens is 250 g/mol. The topological polar surface area (TPSA) is 30.5 Å². The molecule has 1 aliphatic carbocycles. The van der Waals surface area contributed by atoms with Crippen LogP contribution in [0.3, 0.4) is 0 Å². The highest BCUT2D eigenvalue weighted by Gasteiger charge is 2.30. The minimum Gasteiger partial charge on any atom is -0.379 e. The highest BCUT2D eigenvalue weighted by Crippen LogP contribution is 2.29. The summed E-state index contributed by atoms with van der Waals surface area (Å²) < 4.78 is 11.7. The first-order chi connectivity index (χ1) is 9.81. The van der Waals surface area contributed by atoms with E-state index in [4.69, 9.17) is 9.47 Å². The zero-order valence-electron chi connectivity index (χ0n) is 13.8. The first-order valence-corrected chi connectivity index (χ1v) is 8.74. The fourth-order valence-corrected chi connectivity index (χ4v) is 3.17. The molecule has 3 nitrogen and oxygen atoms in total. The number of hydrogen-bond donors (Lipinski definition) is 1. The van der Waals surface area contributed by atoms with Gasteiger partial charge in [0.25, 0.3) is 0 Å². The summed E-state index contributed by atoms with van der Waals surface area (Å²) in [4.78, 5) is 0. The van der Waals surface area contributed by atoms with Crippen LogP contribution in [0.2, 0.25) is 0 Å². The number of nitrogens with one attached hydrogen (secondary N) is 1. The first kappa shape index (κ1) is 17.9. The lowest BCUT2D eigenvalue weighted by molar-refractivity contribution is -0.0367. The molecule has 0 aliphatic heterocycles. The molecule has 0 amide bonds. The average Bonchev–Trinajstić information content (AvgIpc) is 2.45. The smallest absolute Gasteiger partial charge is 0.0731 e. The fraction of sp³-hybridized carbons (Fsp3) is 1.00. The molecular formula is C17H35NO2. The summed E-state index contributed by atoms with van der Waals surface area (Å²) in [6, 6.07) is 0.545. The van der Waals surface area contributed by atoms with Crippen molar-refractivity contribution >= 4 is 0 Å². The lowest BCUT2D eigenvalue weighted by Crippen LogP contribution is -2.46. The molecule has 0 spiro atoms. The van der Waals surface area contributed by atoms with Crippen molar-refractivity contribution in [3.05, 3.63) is 0 Å². The van der Waals surface area contributed by atoms with Crippen molar-refractivity contribution in [2.75, 3.05) is 26.4 Å². The van der Waals surface area contributed by atoms with Gasteiger partial charge in [-0.1, -0.05) is 40.0 Å². The molecule has 0 radical (unpaired) electrons. The molecule has 1 rings (SSSR count). The molecule has 0 aromatic heterocycles. The summed E-state index contributed by atoms with van der Waals surface area (Å²) in [7, 11) is 0. The molecule has 1 fully saturated rings. The van der Waals surface area contributed by atoms with E-state index in [0.29, 0.717) is 12.1 Å². The highest BCUT2D eigenvalue weighted by atomic mass is 16.5. The Labute approximate surface area is 125 Å². The molecule has 1 saturated carbocycles. The van der Waals surface area contributed by atoms with Crippen LogP contribution in [0.5, 0.6) is 0 Å². The van der Waals surface area contributed by atoms with Crippen LogP contribution in [0.25, 0.3) is 0 Å². The van der Waals surface area contributed by atoms with E-state index in [2.05, 4.69) is 26.1 Å². The van der Waals surface area contributed by atoms with Gasteiger partial charge in [-0.25, -0.2) is 0 Å². The van der Waals surface area contributed by atoms with Gasteiger partial charge in [0.1, 0.15) is 0 Å². The molecule has 3 heteroatoms. The van der Waals surface area contributed by atoms with Crippen molar-refractivity contribution < 1.29 is 9.47 Å². The third kappa shape index (κ3) is 7.05. The maximum Gasteiger partial charge on any atom is 0.0731 e. The number of hydrogen-bond acceptors (Lipinski definition) is 3. The van der Waals surface area contributed by atoms with Gasteiger partial charge in [-0.15, -0.1) is 0 Å². The Bertz CT molecular complexity index is 223. The van der Waals surface area contributed by atoms with Crippen LogP contribution in [0.4, 0.5) is 0 Å². The molecule has 0 bridgehead atoms. The van der Waals surface area contributed by atoms with Gasteiger partial charge >= 0.3 is 0 Å². The lowest BCUT2D eigenvalue weighted by atomic mass is 9.81. The summed E-state index contributed by atoms with van der Waals surface area (Å²) in [6.07, 6.45) is 9.23. The van der Waals surface area contributed by atoms with Gasteiger partial charge < -0.3 is 14.8 Å². The van der Waals surface area contributed by atoms with E-state index >= 15 is 0 Å². The van der Waals surface area contributed by atoms with Crippen molar-refractivity contribution in [3.63, 3.8) is 0 Å². The lowest BCUT2D eigenvalue weighted by Gasteiger charge is -2.36. The summed E-state index contributed by atoms with van der Waals surface area (Å²) in [6.45, 7) is 10.1. The minimum atomic E-state index is 0.384. The summed E-state index contributed by atoms with van der Waals surface area (Å²) in [5.41, 5.74) is 0. The molecule has 0 saturated heterocycles. The van der Waals surface area contributed by atoms with E-state index in [0.717, 1.165) is 38.7 Å². The number of rotatable bonds is 11. The van der Waals surface area contributed by atoms with Crippen LogP contribution in [-0.4, -0.2) is 38.5 Å². The molecule has 0 aromatic carbocycles. The molecule has 3 unspecified atom stereocenters. The van der Waals surface area contributed by atoms with E-state index in [1.54, 1.807) is 0 Å². The Hall–Kier alpha value is -0.120. The monoisotopic (exact) mass is 285 g/mol. The van der Waals surface area contributed by atoms with E-state index in [1.165, 1.54) is 38.5 Å². The van der Waals surface area contributed by atoms with E-state index in [-0.39, 0.29) is 0 Å². The Balaban J connectivity index is 2.24. The second kappa shape index (κ2) is 11.5. The molecule has 0 heterocycles. The van der Waals surface area contributed by atoms with Gasteiger partial charge in [0.15, 0.2) is 0 Å². The Morgan fingerprint density at radius 2 is 1.85 bits per heavy atom. The van der Waals surface area contributed by atoms with Gasteiger partial charge in [-0.05, 0) is 38.1 Å². The second-order valence-corrected chi connectivity index (χ2v) is 6.01. The zero-order valence-corrected chi connectivity index (χ0v) is 13.8. The van der Waals surface area contributed by atoms with Gasteiger partial charge in [-0.2, -0.15) is 0 Å². The minimum absolute atomic E-state index is 0.384. The SMILES string of the molecule is CCCCOCCOC1CC(CCC)CCC1NCC. The van der Waals surface area contributed by atoms with Gasteiger partial charge in [-0.3, -0.25) is 0 Å². The number of ether oxygens (including phenoxy) is 2. The van der Waals surface area contributed by atoms with Crippen LogP contribution in [0.1, 0.15) is 65.7 Å². The van der Waals surface area contributed by atoms with Crippen LogP contribution < -0.4 is 5.32 Å². The molecule has 1 N–H and O–H groups in total. The predicted molar refractivity (Wildman–Crippen MR) is 85.2 cm³/mol. The Morgan fingerprint density at radius 1 is 1.00 bits per heavy atom. The third-order valence-corrected chi connectivity index (χ3v) is 4.27. The van der Waals surface area contributed by atoms with Crippen LogP contribution in [0, 0.1) is 5.92 Å². The standard InChI is InChI=1S/C17H35NO2/c1-4-7-11-19-12-13-20-17-14-15(8-5-2)9-10-16(17)18-6-3/h15-18H,4-14H2,1-3H3. The molecule has 120 valence electrons. The van der Waals surface area contributed by atoms with Crippen molar-refractivity contribution in [1.82, 2.24) is 5.32 Å². The van der Waals surface area contributed by atoms with Crippen LogP contribution >= 0.6 is 0 Å². The normalized spacial score (nSPS) is 26.9. The Kier molecular flexibility index (Phi) is 10.3. The van der Waals surface area contributed by atoms with Crippen molar-refractivity contribution in [1.29, 1.82) is 0 Å². The number of likely N-dealkylation sites (N-methyl/N-ethyl adjacent to an activating group) is 1. The van der Waals surface area contributed by atoms with E-state index in [9.17, 15) is 0 Å². The van der Waals surface area contributed by atoms with Gasteiger partial charge in [0.05, 0.1) is 19.3 Å². The second-order valence-electron chi connectivity index (χ2n) is 6.01. The predicted octanol–water partition coefficient (Wildman–Crippen LogP) is 3.77. The summed E-state index contributed by atoms with van der Waals surface area (Å²) in [5, 5.41) is 3.59. The van der Waals surface area contributed by atoms with Crippen LogP contribution in [0.15, 0.2) is 0 Å². The summed E-state index contributed by atoms with van der Waals surface area (Å²) >= 11 is 0. The van der Waals surface area contributed by atoms with E-state index < -0.39 is 0 Å². The highest BCUT2D eigenvalue weighted by molar-refractivity contribution is 4.85. The van der Waals surface area contributed by atoms with Crippen molar-refractivity contribution in [3.8, 4) is 0 Å². The first-order valence-electron chi connectivity index (χ1n) is 8.74. The Morgan fingerprint density at radius 3 is 2.55 bits per heavy atom. The quantitative estimate of drug-likeness (QED) is 0.586. The number of unbranched alkanes of at least 4 members (excludes halogenated alkanes) is 1. The fourth-order valence-electron chi connectivity index (χ4n) is 3.17. The van der Waals surface area contributed by atoms with E-state index in [1.807, 2.05) is 0 Å². The maximum atomic E-state index is 6.12. The van der Waals surface area contributed by atoms with Crippen molar-refractivity contribution in [2.24, 2.45) is 5.92 Å². The average molecular weight is 285 g/mol. The van der Waals surface area contributed by atoms with Gasteiger partial charge in [0, 0.05) is 12.6 Å². The molecule has 3 atom stereocenters. The zero-order chi connectivity index (χ0) is 14.6. The van der Waals surface area contributed by atoms with Gasteiger partial charge in [0.2, 0.25) is 0 Å². The molecule has 1 aliphatic rings. The molecule has 20 heavy (non-hydrogen) atoms. The summed E-state index contributed by atoms with van der Waals surface area (Å²) in [5.74, 6) is 0.862. The van der Waals surface area contributed by atoms with Crippen LogP contribution in [-0.2, 0) is 9.47 Å².